The molecule has 4 rings (SSSR count). The second kappa shape index (κ2) is 10.8. The van der Waals surface area contributed by atoms with Crippen LogP contribution in [0, 0.1) is 13.8 Å². The van der Waals surface area contributed by atoms with Gasteiger partial charge in [0, 0.05) is 11.3 Å². The highest BCUT2D eigenvalue weighted by Crippen LogP contribution is 2.29. The fourth-order valence-corrected chi connectivity index (χ4v) is 4.03. The maximum absolute atomic E-state index is 12.4. The molecule has 0 radical (unpaired) electrons. The number of hydrogen-bond donors (Lipinski definition) is 1. The van der Waals surface area contributed by atoms with Crippen molar-refractivity contribution in [2.75, 3.05) is 12.9 Å². The molecule has 0 fully saturated rings. The molecular weight excluding hydrogens is 446 g/mol. The summed E-state index contributed by atoms with van der Waals surface area (Å²) in [6.07, 6.45) is 1.65. The SMILES string of the molecule is COc1ccc(-n2c(SCC(=O)N/N=C/c3ccccc3C)nnc2-c2ccc(C)cc2)cc1. The number of thioether (sulfide) groups is 1. The summed E-state index contributed by atoms with van der Waals surface area (Å²) in [7, 11) is 1.63. The van der Waals surface area contributed by atoms with Crippen LogP contribution in [0.3, 0.4) is 0 Å². The summed E-state index contributed by atoms with van der Waals surface area (Å²) in [6.45, 7) is 4.04. The second-order valence-electron chi connectivity index (χ2n) is 7.64. The monoisotopic (exact) mass is 471 g/mol. The van der Waals surface area contributed by atoms with Gasteiger partial charge in [-0.2, -0.15) is 5.10 Å². The number of aryl methyl sites for hydroxylation is 2. The number of carbonyl (C=O) groups excluding carboxylic acids is 1. The molecule has 0 aliphatic heterocycles. The molecule has 0 saturated carbocycles. The van der Waals surface area contributed by atoms with Gasteiger partial charge in [0.1, 0.15) is 5.75 Å². The van der Waals surface area contributed by atoms with E-state index in [1.54, 1.807) is 13.3 Å². The molecule has 7 nitrogen and oxygen atoms in total. The highest BCUT2D eigenvalue weighted by atomic mass is 32.2. The van der Waals surface area contributed by atoms with Crippen molar-refractivity contribution in [1.29, 1.82) is 0 Å². The van der Waals surface area contributed by atoms with Crippen LogP contribution in [0.5, 0.6) is 5.75 Å². The van der Waals surface area contributed by atoms with Gasteiger partial charge in [-0.25, -0.2) is 5.43 Å². The first kappa shape index (κ1) is 23.3. The van der Waals surface area contributed by atoms with Crippen molar-refractivity contribution < 1.29 is 9.53 Å². The number of nitrogens with zero attached hydrogens (tertiary/aromatic N) is 4. The normalized spacial score (nSPS) is 11.0. The smallest absolute Gasteiger partial charge is 0.250 e. The van der Waals surface area contributed by atoms with Crippen LogP contribution in [-0.4, -0.2) is 39.7 Å². The standard InChI is InChI=1S/C26H25N5O2S/c1-18-8-10-20(11-9-18)25-29-30-26(31(25)22-12-14-23(33-3)15-13-22)34-17-24(32)28-27-16-21-7-5-4-6-19(21)2/h4-16H,17H2,1-3H3,(H,28,32)/b27-16+. The molecular formula is C26H25N5O2S. The number of benzene rings is 3. The van der Waals surface area contributed by atoms with E-state index in [0.717, 1.165) is 33.7 Å². The molecule has 1 heterocycles. The summed E-state index contributed by atoms with van der Waals surface area (Å²) in [4.78, 5) is 12.4. The van der Waals surface area contributed by atoms with E-state index in [2.05, 4.69) is 20.7 Å². The van der Waals surface area contributed by atoms with Crippen LogP contribution in [0.2, 0.25) is 0 Å². The molecule has 8 heteroatoms. The minimum Gasteiger partial charge on any atom is -0.497 e. The van der Waals surface area contributed by atoms with Crippen LogP contribution in [0.1, 0.15) is 16.7 Å². The van der Waals surface area contributed by atoms with Gasteiger partial charge in [-0.3, -0.25) is 9.36 Å². The summed E-state index contributed by atoms with van der Waals surface area (Å²) in [5.41, 5.74) is 7.61. The Morgan fingerprint density at radius 3 is 2.47 bits per heavy atom. The Bertz CT molecular complexity index is 1300. The Balaban J connectivity index is 1.53. The molecule has 0 aliphatic rings. The zero-order chi connectivity index (χ0) is 23.9. The summed E-state index contributed by atoms with van der Waals surface area (Å²) >= 11 is 1.30. The average molecular weight is 472 g/mol. The van der Waals surface area contributed by atoms with E-state index in [4.69, 9.17) is 4.74 Å². The van der Waals surface area contributed by atoms with Gasteiger partial charge in [-0.1, -0.05) is 65.9 Å². The molecule has 34 heavy (non-hydrogen) atoms. The predicted molar refractivity (Wildman–Crippen MR) is 136 cm³/mol. The summed E-state index contributed by atoms with van der Waals surface area (Å²) in [5, 5.41) is 13.5. The Morgan fingerprint density at radius 1 is 1.03 bits per heavy atom. The lowest BCUT2D eigenvalue weighted by Gasteiger charge is -2.11. The zero-order valence-electron chi connectivity index (χ0n) is 19.2. The number of methoxy groups -OCH3 is 1. The molecule has 0 bridgehead atoms. The first-order chi connectivity index (χ1) is 16.5. The van der Waals surface area contributed by atoms with E-state index in [9.17, 15) is 4.79 Å². The topological polar surface area (TPSA) is 81.4 Å². The van der Waals surface area contributed by atoms with Crippen molar-refractivity contribution >= 4 is 23.9 Å². The van der Waals surface area contributed by atoms with E-state index in [1.165, 1.54) is 11.8 Å². The highest BCUT2D eigenvalue weighted by molar-refractivity contribution is 7.99. The van der Waals surface area contributed by atoms with Crippen molar-refractivity contribution in [1.82, 2.24) is 20.2 Å². The first-order valence-corrected chi connectivity index (χ1v) is 11.7. The molecule has 4 aromatic rings. The van der Waals surface area contributed by atoms with E-state index in [1.807, 2.05) is 91.2 Å². The lowest BCUT2D eigenvalue weighted by atomic mass is 10.1. The van der Waals surface area contributed by atoms with Crippen LogP contribution in [0.15, 0.2) is 83.1 Å². The van der Waals surface area contributed by atoms with Crippen LogP contribution >= 0.6 is 11.8 Å². The van der Waals surface area contributed by atoms with Crippen LogP contribution in [0.4, 0.5) is 0 Å². The first-order valence-electron chi connectivity index (χ1n) is 10.7. The van der Waals surface area contributed by atoms with Gasteiger partial charge in [0.15, 0.2) is 11.0 Å². The Morgan fingerprint density at radius 2 is 1.76 bits per heavy atom. The van der Waals surface area contributed by atoms with Crippen molar-refractivity contribution in [3.63, 3.8) is 0 Å². The molecule has 1 aromatic heterocycles. The van der Waals surface area contributed by atoms with Gasteiger partial charge < -0.3 is 4.74 Å². The fraction of sp³-hybridized carbons (Fsp3) is 0.154. The lowest BCUT2D eigenvalue weighted by molar-refractivity contribution is -0.118. The average Bonchev–Trinajstić information content (AvgIpc) is 3.28. The van der Waals surface area contributed by atoms with Gasteiger partial charge in [0.25, 0.3) is 5.91 Å². The van der Waals surface area contributed by atoms with Crippen LogP contribution in [-0.2, 0) is 4.79 Å². The van der Waals surface area contributed by atoms with Gasteiger partial charge in [-0.05, 0) is 49.2 Å². The Labute approximate surface area is 202 Å². The minimum absolute atomic E-state index is 0.146. The predicted octanol–water partition coefficient (Wildman–Crippen LogP) is 4.80. The van der Waals surface area contributed by atoms with Crippen molar-refractivity contribution in [2.24, 2.45) is 5.10 Å². The molecule has 1 N–H and O–H groups in total. The molecule has 3 aromatic carbocycles. The van der Waals surface area contributed by atoms with E-state index < -0.39 is 0 Å². The number of ether oxygens (including phenoxy) is 1. The van der Waals surface area contributed by atoms with Crippen molar-refractivity contribution in [3.05, 3.63) is 89.5 Å². The maximum Gasteiger partial charge on any atom is 0.250 e. The number of hydrogen-bond acceptors (Lipinski definition) is 6. The molecule has 0 aliphatic carbocycles. The number of aromatic nitrogens is 3. The van der Waals surface area contributed by atoms with Gasteiger partial charge in [-0.15, -0.1) is 10.2 Å². The third-order valence-corrected chi connectivity index (χ3v) is 6.12. The second-order valence-corrected chi connectivity index (χ2v) is 8.59. The van der Waals surface area contributed by atoms with E-state index in [-0.39, 0.29) is 11.7 Å². The van der Waals surface area contributed by atoms with Crippen LogP contribution < -0.4 is 10.2 Å². The fourth-order valence-electron chi connectivity index (χ4n) is 3.28. The molecule has 0 saturated heterocycles. The third kappa shape index (κ3) is 5.52. The molecule has 1 amide bonds. The number of hydrazone groups is 1. The van der Waals surface area contributed by atoms with Crippen molar-refractivity contribution in [3.8, 4) is 22.8 Å². The van der Waals surface area contributed by atoms with Gasteiger partial charge in [0.05, 0.1) is 19.1 Å². The largest absolute Gasteiger partial charge is 0.497 e. The van der Waals surface area contributed by atoms with E-state index >= 15 is 0 Å². The Kier molecular flexibility index (Phi) is 7.39. The maximum atomic E-state index is 12.4. The van der Waals surface area contributed by atoms with Gasteiger partial charge >= 0.3 is 0 Å². The van der Waals surface area contributed by atoms with Gasteiger partial charge in [0.2, 0.25) is 0 Å². The lowest BCUT2D eigenvalue weighted by Crippen LogP contribution is -2.20. The molecule has 0 spiro atoms. The molecule has 172 valence electrons. The molecule has 0 unspecified atom stereocenters. The quantitative estimate of drug-likeness (QED) is 0.227. The van der Waals surface area contributed by atoms with E-state index in [0.29, 0.717) is 11.0 Å². The minimum atomic E-state index is -0.226. The number of nitrogens with one attached hydrogen (secondary N) is 1. The van der Waals surface area contributed by atoms with Crippen LogP contribution in [0.25, 0.3) is 17.1 Å². The molecule has 0 atom stereocenters. The summed E-state index contributed by atoms with van der Waals surface area (Å²) in [5.74, 6) is 1.38. The van der Waals surface area contributed by atoms with Crippen molar-refractivity contribution in [2.45, 2.75) is 19.0 Å². The number of carbonyl (C=O) groups is 1. The highest BCUT2D eigenvalue weighted by Gasteiger charge is 2.17. The number of amides is 1. The number of rotatable bonds is 8. The zero-order valence-corrected chi connectivity index (χ0v) is 20.0. The third-order valence-electron chi connectivity index (χ3n) is 5.19. The summed E-state index contributed by atoms with van der Waals surface area (Å²) < 4.78 is 7.23. The summed E-state index contributed by atoms with van der Waals surface area (Å²) in [6, 6.07) is 23.6. The Hall–Kier alpha value is -3.91.